The first kappa shape index (κ1) is 19.4. The van der Waals surface area contributed by atoms with E-state index in [0.717, 1.165) is 57.3 Å². The highest BCUT2D eigenvalue weighted by Crippen LogP contribution is 2.28. The van der Waals surface area contributed by atoms with Crippen LogP contribution in [0.25, 0.3) is 0 Å². The van der Waals surface area contributed by atoms with Gasteiger partial charge in [-0.25, -0.2) is 4.79 Å². The molecule has 1 saturated heterocycles. The molecule has 1 N–H and O–H groups in total. The molecule has 1 aliphatic carbocycles. The van der Waals surface area contributed by atoms with Gasteiger partial charge in [0.25, 0.3) is 0 Å². The first-order valence-corrected chi connectivity index (χ1v) is 11.5. The van der Waals surface area contributed by atoms with Crippen LogP contribution in [0.2, 0.25) is 0 Å². The number of piperazine rings is 1. The van der Waals surface area contributed by atoms with E-state index in [0.29, 0.717) is 0 Å². The minimum absolute atomic E-state index is 0.0207. The molecule has 2 aromatic carbocycles. The molecule has 158 valence electrons. The summed E-state index contributed by atoms with van der Waals surface area (Å²) in [6.45, 7) is 5.58. The van der Waals surface area contributed by atoms with Crippen molar-refractivity contribution in [3.8, 4) is 0 Å². The lowest BCUT2D eigenvalue weighted by Gasteiger charge is -2.36. The third kappa shape index (κ3) is 4.17. The van der Waals surface area contributed by atoms with Gasteiger partial charge in [0, 0.05) is 56.7 Å². The maximum atomic E-state index is 12.8. The van der Waals surface area contributed by atoms with Gasteiger partial charge in [-0.15, -0.1) is 0 Å². The monoisotopic (exact) mass is 404 g/mol. The van der Waals surface area contributed by atoms with Crippen LogP contribution < -0.4 is 10.2 Å². The molecular formula is C25H32N4O. The van der Waals surface area contributed by atoms with Crippen LogP contribution in [0.15, 0.2) is 48.5 Å². The summed E-state index contributed by atoms with van der Waals surface area (Å²) in [7, 11) is 0. The molecule has 3 aliphatic rings. The van der Waals surface area contributed by atoms with Crippen LogP contribution in [0.4, 0.5) is 16.2 Å². The van der Waals surface area contributed by atoms with Crippen LogP contribution in [-0.4, -0.2) is 61.1 Å². The molecule has 2 aliphatic heterocycles. The minimum Gasteiger partial charge on any atom is -0.368 e. The lowest BCUT2D eigenvalue weighted by Crippen LogP contribution is -2.50. The summed E-state index contributed by atoms with van der Waals surface area (Å²) >= 11 is 0. The highest BCUT2D eigenvalue weighted by atomic mass is 16.2. The van der Waals surface area contributed by atoms with Crippen LogP contribution in [0.5, 0.6) is 0 Å². The molecule has 2 aromatic rings. The summed E-state index contributed by atoms with van der Waals surface area (Å²) in [5.74, 6) is 0. The Morgan fingerprint density at radius 2 is 1.57 bits per heavy atom. The predicted octanol–water partition coefficient (Wildman–Crippen LogP) is 3.99. The number of amides is 2. The summed E-state index contributed by atoms with van der Waals surface area (Å²) in [5.41, 5.74) is 5.02. The molecule has 0 spiro atoms. The third-order valence-electron chi connectivity index (χ3n) is 7.07. The quantitative estimate of drug-likeness (QED) is 0.841. The van der Waals surface area contributed by atoms with Crippen molar-refractivity contribution in [2.45, 2.75) is 38.1 Å². The van der Waals surface area contributed by atoms with Crippen molar-refractivity contribution in [2.75, 3.05) is 49.5 Å². The number of rotatable bonds is 3. The van der Waals surface area contributed by atoms with Gasteiger partial charge in [0.15, 0.2) is 0 Å². The molecule has 30 heavy (non-hydrogen) atoms. The molecule has 5 rings (SSSR count). The fourth-order valence-corrected chi connectivity index (χ4v) is 4.95. The third-order valence-corrected chi connectivity index (χ3v) is 7.07. The molecule has 0 unspecified atom stereocenters. The van der Waals surface area contributed by atoms with Crippen molar-refractivity contribution < 1.29 is 4.79 Å². The summed E-state index contributed by atoms with van der Waals surface area (Å²) in [5, 5.41) is 3.15. The maximum Gasteiger partial charge on any atom is 0.321 e. The Balaban J connectivity index is 1.17. The number of fused-ring (bicyclic) bond motifs is 1. The van der Waals surface area contributed by atoms with E-state index >= 15 is 0 Å². The fraction of sp³-hybridized carbons (Fsp3) is 0.480. The van der Waals surface area contributed by atoms with Crippen molar-refractivity contribution in [1.82, 2.24) is 9.80 Å². The number of anilines is 2. The van der Waals surface area contributed by atoms with E-state index in [1.165, 1.54) is 42.6 Å². The van der Waals surface area contributed by atoms with Gasteiger partial charge < -0.3 is 15.1 Å². The zero-order valence-electron chi connectivity index (χ0n) is 17.7. The number of carbonyl (C=O) groups excluding carboxylic acids is 1. The number of nitrogens with one attached hydrogen (secondary N) is 1. The summed E-state index contributed by atoms with van der Waals surface area (Å²) < 4.78 is 0. The van der Waals surface area contributed by atoms with E-state index in [2.05, 4.69) is 57.6 Å². The zero-order valence-corrected chi connectivity index (χ0v) is 17.7. The molecule has 0 bridgehead atoms. The highest BCUT2D eigenvalue weighted by molar-refractivity contribution is 5.89. The molecule has 0 atom stereocenters. The Hall–Kier alpha value is -2.53. The number of nitrogens with zero attached hydrogens (tertiary/aromatic N) is 3. The smallest absolute Gasteiger partial charge is 0.321 e. The van der Waals surface area contributed by atoms with E-state index in [1.807, 2.05) is 11.0 Å². The zero-order chi connectivity index (χ0) is 20.3. The van der Waals surface area contributed by atoms with Gasteiger partial charge in [-0.1, -0.05) is 30.7 Å². The van der Waals surface area contributed by atoms with Gasteiger partial charge >= 0.3 is 6.03 Å². The summed E-state index contributed by atoms with van der Waals surface area (Å²) in [6, 6.07) is 17.8. The van der Waals surface area contributed by atoms with Crippen molar-refractivity contribution in [1.29, 1.82) is 0 Å². The molecule has 2 amide bonds. The normalized spacial score (nSPS) is 20.3. The lowest BCUT2D eigenvalue weighted by atomic mass is 9.91. The molecule has 2 fully saturated rings. The van der Waals surface area contributed by atoms with E-state index in [-0.39, 0.29) is 6.03 Å². The second kappa shape index (κ2) is 8.68. The van der Waals surface area contributed by atoms with Gasteiger partial charge in [-0.2, -0.15) is 0 Å². The first-order chi connectivity index (χ1) is 14.8. The topological polar surface area (TPSA) is 38.8 Å². The average Bonchev–Trinajstić information content (AvgIpc) is 2.96. The molecule has 0 radical (unpaired) electrons. The van der Waals surface area contributed by atoms with Gasteiger partial charge in [0.2, 0.25) is 0 Å². The van der Waals surface area contributed by atoms with Crippen molar-refractivity contribution >= 4 is 17.4 Å². The fourth-order valence-electron chi connectivity index (χ4n) is 4.95. The Labute approximate surface area is 179 Å². The highest BCUT2D eigenvalue weighted by Gasteiger charge is 2.26. The van der Waals surface area contributed by atoms with E-state index in [1.54, 1.807) is 0 Å². The summed E-state index contributed by atoms with van der Waals surface area (Å²) in [6.07, 6.45) is 6.35. The van der Waals surface area contributed by atoms with Crippen molar-refractivity contribution in [3.63, 3.8) is 0 Å². The number of hydrogen-bond donors (Lipinski definition) is 1. The average molecular weight is 405 g/mol. The Morgan fingerprint density at radius 3 is 2.27 bits per heavy atom. The first-order valence-electron chi connectivity index (χ1n) is 11.5. The van der Waals surface area contributed by atoms with E-state index in [9.17, 15) is 4.79 Å². The van der Waals surface area contributed by atoms with Crippen molar-refractivity contribution in [3.05, 3.63) is 59.7 Å². The number of urea groups is 1. The molecule has 5 heteroatoms. The van der Waals surface area contributed by atoms with Crippen LogP contribution in [0.3, 0.4) is 0 Å². The number of para-hydroxylation sites is 1. The minimum atomic E-state index is 0.0207. The van der Waals surface area contributed by atoms with Gasteiger partial charge in [-0.3, -0.25) is 4.90 Å². The van der Waals surface area contributed by atoms with Crippen LogP contribution >= 0.6 is 0 Å². The van der Waals surface area contributed by atoms with Crippen LogP contribution in [0, 0.1) is 0 Å². The molecule has 1 saturated carbocycles. The maximum absolute atomic E-state index is 12.8. The Morgan fingerprint density at radius 1 is 0.833 bits per heavy atom. The molecule has 0 aromatic heterocycles. The van der Waals surface area contributed by atoms with Gasteiger partial charge in [-0.05, 0) is 61.1 Å². The van der Waals surface area contributed by atoms with E-state index < -0.39 is 0 Å². The Bertz CT molecular complexity index is 872. The molecular weight excluding hydrogens is 372 g/mol. The molecule has 2 heterocycles. The van der Waals surface area contributed by atoms with Gasteiger partial charge in [0.05, 0.1) is 0 Å². The van der Waals surface area contributed by atoms with Crippen LogP contribution in [-0.2, 0) is 12.8 Å². The van der Waals surface area contributed by atoms with Crippen molar-refractivity contribution in [2.24, 2.45) is 0 Å². The number of benzene rings is 2. The molecule has 5 nitrogen and oxygen atoms in total. The predicted molar refractivity (Wildman–Crippen MR) is 122 cm³/mol. The summed E-state index contributed by atoms with van der Waals surface area (Å²) in [4.78, 5) is 19.8. The van der Waals surface area contributed by atoms with Gasteiger partial charge in [0.1, 0.15) is 0 Å². The largest absolute Gasteiger partial charge is 0.368 e. The number of carbonyl (C=O) groups is 1. The Kier molecular flexibility index (Phi) is 5.63. The number of hydrogen-bond acceptors (Lipinski definition) is 3. The SMILES string of the molecule is O=C(Nc1ccc2c(c1)CCN(C1CCC1)CC2)N1CCN(c2ccccc2)CC1. The van der Waals surface area contributed by atoms with E-state index in [4.69, 9.17) is 0 Å². The van der Waals surface area contributed by atoms with Crippen LogP contribution in [0.1, 0.15) is 30.4 Å². The second-order valence-electron chi connectivity index (χ2n) is 8.84. The second-order valence-corrected chi connectivity index (χ2v) is 8.84. The standard InChI is InChI=1S/C25H32N4O/c30-25(29-17-15-28(16-18-29)23-5-2-1-3-6-23)26-22-10-9-20-11-13-27(24-7-4-8-24)14-12-21(20)19-22/h1-3,5-6,9-10,19,24H,4,7-8,11-18H2,(H,26,30). The lowest BCUT2D eigenvalue weighted by molar-refractivity contribution is 0.133.